The van der Waals surface area contributed by atoms with Crippen molar-refractivity contribution in [2.24, 2.45) is 0 Å². The van der Waals surface area contributed by atoms with Gasteiger partial charge in [0.1, 0.15) is 5.25 Å². The number of carbonyl (C=O) groups excluding carboxylic acids is 1. The first-order chi connectivity index (χ1) is 10.3. The van der Waals surface area contributed by atoms with Gasteiger partial charge in [0, 0.05) is 25.4 Å². The van der Waals surface area contributed by atoms with Crippen molar-refractivity contribution in [2.45, 2.75) is 12.2 Å². The van der Waals surface area contributed by atoms with E-state index in [2.05, 4.69) is 4.90 Å². The molecule has 4 nitrogen and oxygen atoms in total. The molecule has 1 aliphatic rings. The van der Waals surface area contributed by atoms with Gasteiger partial charge in [0.2, 0.25) is 0 Å². The molecule has 0 radical (unpaired) electrons. The van der Waals surface area contributed by atoms with E-state index < -0.39 is 0 Å². The van der Waals surface area contributed by atoms with Crippen molar-refractivity contribution in [1.82, 2.24) is 4.90 Å². The highest BCUT2D eigenvalue weighted by molar-refractivity contribution is 8.00. The van der Waals surface area contributed by atoms with Crippen LogP contribution in [0.1, 0.15) is 17.7 Å². The highest BCUT2D eigenvalue weighted by atomic mass is 32.2. The molecule has 0 bridgehead atoms. The van der Waals surface area contributed by atoms with Gasteiger partial charge < -0.3 is 9.47 Å². The second-order valence-electron chi connectivity index (χ2n) is 4.87. The number of hydrogen-bond donors (Lipinski definition) is 0. The maximum atomic E-state index is 12.1. The van der Waals surface area contributed by atoms with Crippen molar-refractivity contribution in [3.63, 3.8) is 0 Å². The summed E-state index contributed by atoms with van der Waals surface area (Å²) in [6.45, 7) is 6.84. The van der Waals surface area contributed by atoms with Crippen LogP contribution in [0.15, 0.2) is 30.3 Å². The third kappa shape index (κ3) is 5.34. The number of ether oxygens (including phenoxy) is 2. The fourth-order valence-corrected chi connectivity index (χ4v) is 3.42. The van der Waals surface area contributed by atoms with Gasteiger partial charge in [-0.25, -0.2) is 0 Å². The number of thioether (sulfide) groups is 1. The molecule has 0 saturated carbocycles. The normalized spacial score (nSPS) is 17.4. The number of benzene rings is 1. The summed E-state index contributed by atoms with van der Waals surface area (Å²) in [5.74, 6) is 0.772. The smallest absolute Gasteiger partial charge is 0.323 e. The standard InChI is InChI=1S/C16H23NO3S/c1-2-20-16(18)15(14-6-4-3-5-7-14)21-13-10-17-8-11-19-12-9-17/h3-7,15H,2,8-13H2,1H3. The molecule has 5 heteroatoms. The molecule has 0 aromatic heterocycles. The Morgan fingerprint density at radius 1 is 1.33 bits per heavy atom. The lowest BCUT2D eigenvalue weighted by molar-refractivity contribution is -0.142. The van der Waals surface area contributed by atoms with Crippen LogP contribution in [0, 0.1) is 0 Å². The average molecular weight is 309 g/mol. The molecule has 0 aliphatic carbocycles. The Labute approximate surface area is 130 Å². The number of hydrogen-bond acceptors (Lipinski definition) is 5. The third-order valence-corrected chi connectivity index (χ3v) is 4.61. The Morgan fingerprint density at radius 3 is 2.71 bits per heavy atom. The molecule has 2 rings (SSSR count). The van der Waals surface area contributed by atoms with Crippen molar-refractivity contribution in [3.05, 3.63) is 35.9 Å². The fraction of sp³-hybridized carbons (Fsp3) is 0.562. The maximum Gasteiger partial charge on any atom is 0.323 e. The third-order valence-electron chi connectivity index (χ3n) is 3.40. The van der Waals surface area contributed by atoms with Crippen LogP contribution >= 0.6 is 11.8 Å². The van der Waals surface area contributed by atoms with E-state index in [0.29, 0.717) is 6.61 Å². The fourth-order valence-electron chi connectivity index (χ4n) is 2.27. The summed E-state index contributed by atoms with van der Waals surface area (Å²) >= 11 is 1.66. The highest BCUT2D eigenvalue weighted by Gasteiger charge is 2.22. The second kappa shape index (κ2) is 9.07. The molecule has 1 saturated heterocycles. The summed E-state index contributed by atoms with van der Waals surface area (Å²) in [6, 6.07) is 9.87. The van der Waals surface area contributed by atoms with Gasteiger partial charge in [-0.15, -0.1) is 11.8 Å². The van der Waals surface area contributed by atoms with E-state index in [1.807, 2.05) is 37.3 Å². The summed E-state index contributed by atoms with van der Waals surface area (Å²) in [6.07, 6.45) is 0. The minimum atomic E-state index is -0.229. The predicted molar refractivity (Wildman–Crippen MR) is 85.5 cm³/mol. The molecular formula is C16H23NO3S. The molecule has 1 aromatic carbocycles. The molecule has 1 heterocycles. The van der Waals surface area contributed by atoms with Crippen molar-refractivity contribution in [3.8, 4) is 0 Å². The van der Waals surface area contributed by atoms with Crippen LogP contribution in [0.4, 0.5) is 0 Å². The van der Waals surface area contributed by atoms with Crippen molar-refractivity contribution < 1.29 is 14.3 Å². The summed E-state index contributed by atoms with van der Waals surface area (Å²) in [5, 5.41) is -0.229. The minimum absolute atomic E-state index is 0.143. The molecular weight excluding hydrogens is 286 g/mol. The van der Waals surface area contributed by atoms with Crippen molar-refractivity contribution in [1.29, 1.82) is 0 Å². The van der Waals surface area contributed by atoms with Crippen molar-refractivity contribution in [2.75, 3.05) is 45.2 Å². The van der Waals surface area contributed by atoms with Gasteiger partial charge in [0.05, 0.1) is 19.8 Å². The number of morpholine rings is 1. The van der Waals surface area contributed by atoms with Gasteiger partial charge in [-0.2, -0.15) is 0 Å². The minimum Gasteiger partial charge on any atom is -0.465 e. The van der Waals surface area contributed by atoms with Gasteiger partial charge >= 0.3 is 5.97 Å². The second-order valence-corrected chi connectivity index (χ2v) is 6.08. The van der Waals surface area contributed by atoms with E-state index in [1.54, 1.807) is 11.8 Å². The molecule has 1 fully saturated rings. The Morgan fingerprint density at radius 2 is 2.05 bits per heavy atom. The SMILES string of the molecule is CCOC(=O)C(SCCN1CCOCC1)c1ccccc1. The quantitative estimate of drug-likeness (QED) is 0.723. The first kappa shape index (κ1) is 16.3. The summed E-state index contributed by atoms with van der Waals surface area (Å²) in [7, 11) is 0. The maximum absolute atomic E-state index is 12.1. The number of rotatable bonds is 7. The summed E-state index contributed by atoms with van der Waals surface area (Å²) in [4.78, 5) is 14.5. The Hall–Kier alpha value is -1.04. The van der Waals surface area contributed by atoms with Crippen LogP contribution < -0.4 is 0 Å². The predicted octanol–water partition coefficient (Wildman–Crippen LogP) is 2.36. The lowest BCUT2D eigenvalue weighted by atomic mass is 10.1. The van der Waals surface area contributed by atoms with E-state index in [0.717, 1.165) is 44.2 Å². The molecule has 0 spiro atoms. The average Bonchev–Trinajstić information content (AvgIpc) is 2.53. The largest absolute Gasteiger partial charge is 0.465 e. The van der Waals surface area contributed by atoms with E-state index >= 15 is 0 Å². The van der Waals surface area contributed by atoms with Crippen LogP contribution in [-0.4, -0.2) is 56.1 Å². The van der Waals surface area contributed by atoms with Gasteiger partial charge in [-0.1, -0.05) is 30.3 Å². The lowest BCUT2D eigenvalue weighted by Gasteiger charge is -2.26. The molecule has 1 atom stereocenters. The Balaban J connectivity index is 1.88. The first-order valence-corrected chi connectivity index (χ1v) is 8.49. The van der Waals surface area contributed by atoms with Crippen molar-refractivity contribution >= 4 is 17.7 Å². The molecule has 0 amide bonds. The monoisotopic (exact) mass is 309 g/mol. The molecule has 116 valence electrons. The van der Waals surface area contributed by atoms with Crippen LogP contribution in [0.5, 0.6) is 0 Å². The number of nitrogens with zero attached hydrogens (tertiary/aromatic N) is 1. The number of carbonyl (C=O) groups is 1. The van der Waals surface area contributed by atoms with Crippen LogP contribution in [0.2, 0.25) is 0 Å². The van der Waals surface area contributed by atoms with Gasteiger partial charge in [-0.05, 0) is 12.5 Å². The lowest BCUT2D eigenvalue weighted by Crippen LogP contribution is -2.37. The van der Waals surface area contributed by atoms with Gasteiger partial charge in [0.15, 0.2) is 0 Å². The zero-order valence-electron chi connectivity index (χ0n) is 12.5. The molecule has 21 heavy (non-hydrogen) atoms. The first-order valence-electron chi connectivity index (χ1n) is 7.44. The summed E-state index contributed by atoms with van der Waals surface area (Å²) < 4.78 is 10.6. The van der Waals surface area contributed by atoms with E-state index in [9.17, 15) is 4.79 Å². The van der Waals surface area contributed by atoms with Crippen LogP contribution in [0.3, 0.4) is 0 Å². The zero-order chi connectivity index (χ0) is 14.9. The Kier molecular flexibility index (Phi) is 7.06. The van der Waals surface area contributed by atoms with Gasteiger partial charge in [-0.3, -0.25) is 9.69 Å². The van der Waals surface area contributed by atoms with Gasteiger partial charge in [0.25, 0.3) is 0 Å². The highest BCUT2D eigenvalue weighted by Crippen LogP contribution is 2.30. The Bertz CT molecular complexity index is 421. The van der Waals surface area contributed by atoms with E-state index in [4.69, 9.17) is 9.47 Å². The zero-order valence-corrected chi connectivity index (χ0v) is 13.3. The van der Waals surface area contributed by atoms with Crippen LogP contribution in [0.25, 0.3) is 0 Å². The topological polar surface area (TPSA) is 38.8 Å². The molecule has 1 aromatic rings. The summed E-state index contributed by atoms with van der Waals surface area (Å²) in [5.41, 5.74) is 1.02. The van der Waals surface area contributed by atoms with E-state index in [-0.39, 0.29) is 11.2 Å². The molecule has 1 aliphatic heterocycles. The van der Waals surface area contributed by atoms with E-state index in [1.165, 1.54) is 0 Å². The number of esters is 1. The molecule has 1 unspecified atom stereocenters. The van der Waals surface area contributed by atoms with Crippen LogP contribution in [-0.2, 0) is 14.3 Å². The molecule has 0 N–H and O–H groups in total.